The van der Waals surface area contributed by atoms with E-state index in [1.54, 1.807) is 6.07 Å². The second-order valence-corrected chi connectivity index (χ2v) is 5.29. The number of rotatable bonds is 3. The van der Waals surface area contributed by atoms with Crippen LogP contribution in [0.4, 0.5) is 11.4 Å². The lowest BCUT2D eigenvalue weighted by atomic mass is 10.1. The predicted octanol–water partition coefficient (Wildman–Crippen LogP) is 3.54. The molecule has 0 bridgehead atoms. The zero-order valence-electron chi connectivity index (χ0n) is 10.6. The van der Waals surface area contributed by atoms with Gasteiger partial charge in [0.25, 0.3) is 0 Å². The summed E-state index contributed by atoms with van der Waals surface area (Å²) in [5.41, 5.74) is 8.98. The molecule has 19 heavy (non-hydrogen) atoms. The third kappa shape index (κ3) is 3.27. The van der Waals surface area contributed by atoms with Gasteiger partial charge < -0.3 is 10.6 Å². The van der Waals surface area contributed by atoms with E-state index in [1.807, 2.05) is 36.2 Å². The Labute approximate surface area is 121 Å². The Kier molecular flexibility index (Phi) is 4.08. The lowest BCUT2D eigenvalue weighted by Gasteiger charge is -2.21. The third-order valence-electron chi connectivity index (χ3n) is 2.89. The van der Waals surface area contributed by atoms with Crippen molar-refractivity contribution in [2.75, 3.05) is 17.7 Å². The minimum atomic E-state index is 0.597. The molecule has 0 amide bonds. The van der Waals surface area contributed by atoms with Crippen LogP contribution in [0.2, 0.25) is 0 Å². The van der Waals surface area contributed by atoms with E-state index in [0.29, 0.717) is 11.3 Å². The van der Waals surface area contributed by atoms with Gasteiger partial charge in [-0.15, -0.1) is 0 Å². The fourth-order valence-electron chi connectivity index (χ4n) is 1.92. The summed E-state index contributed by atoms with van der Waals surface area (Å²) >= 11 is 3.42. The van der Waals surface area contributed by atoms with Crippen molar-refractivity contribution in [3.8, 4) is 6.07 Å². The molecule has 0 saturated heterocycles. The molecule has 0 atom stereocenters. The first-order chi connectivity index (χ1) is 9.10. The van der Waals surface area contributed by atoms with Crippen LogP contribution >= 0.6 is 15.9 Å². The van der Waals surface area contributed by atoms with Crippen LogP contribution in [0.5, 0.6) is 0 Å². The van der Waals surface area contributed by atoms with Crippen molar-refractivity contribution in [3.63, 3.8) is 0 Å². The lowest BCUT2D eigenvalue weighted by Crippen LogP contribution is -2.17. The Balaban J connectivity index is 2.23. The number of nitriles is 1. The number of hydrogen-bond acceptors (Lipinski definition) is 3. The van der Waals surface area contributed by atoms with Crippen LogP contribution in [0, 0.1) is 11.3 Å². The molecular weight excluding hydrogens is 302 g/mol. The minimum absolute atomic E-state index is 0.597. The first kappa shape index (κ1) is 13.4. The molecule has 96 valence electrons. The summed E-state index contributed by atoms with van der Waals surface area (Å²) in [6.45, 7) is 0.742. The maximum atomic E-state index is 9.16. The molecule has 0 aromatic heterocycles. The Morgan fingerprint density at radius 3 is 2.53 bits per heavy atom. The molecule has 0 aliphatic carbocycles. The summed E-state index contributed by atoms with van der Waals surface area (Å²) < 4.78 is 1.06. The SMILES string of the molecule is CN(Cc1ccc(Br)cc1)c1ccc(N)cc1C#N. The number of nitrogens with two attached hydrogens (primary N) is 1. The van der Waals surface area contributed by atoms with Gasteiger partial charge in [-0.25, -0.2) is 0 Å². The van der Waals surface area contributed by atoms with Gasteiger partial charge in [-0.2, -0.15) is 5.26 Å². The molecule has 2 rings (SSSR count). The first-order valence-corrected chi connectivity index (χ1v) is 6.64. The van der Waals surface area contributed by atoms with Crippen molar-refractivity contribution >= 4 is 27.3 Å². The number of halogens is 1. The maximum absolute atomic E-state index is 9.16. The van der Waals surface area contributed by atoms with Crippen LogP contribution in [-0.2, 0) is 6.54 Å². The van der Waals surface area contributed by atoms with Gasteiger partial charge in [0.15, 0.2) is 0 Å². The summed E-state index contributed by atoms with van der Waals surface area (Å²) in [4.78, 5) is 2.04. The van der Waals surface area contributed by atoms with E-state index >= 15 is 0 Å². The van der Waals surface area contributed by atoms with E-state index in [0.717, 1.165) is 16.7 Å². The smallest absolute Gasteiger partial charge is 0.101 e. The molecule has 4 heteroatoms. The monoisotopic (exact) mass is 315 g/mol. The second-order valence-electron chi connectivity index (χ2n) is 4.37. The third-order valence-corrected chi connectivity index (χ3v) is 3.41. The molecule has 0 fully saturated rings. The number of anilines is 2. The van der Waals surface area contributed by atoms with Crippen LogP contribution in [0.25, 0.3) is 0 Å². The fraction of sp³-hybridized carbons (Fsp3) is 0.133. The summed E-state index contributed by atoms with van der Waals surface area (Å²) in [6, 6.07) is 15.7. The highest BCUT2D eigenvalue weighted by Gasteiger charge is 2.08. The zero-order valence-corrected chi connectivity index (χ0v) is 12.2. The van der Waals surface area contributed by atoms with Gasteiger partial charge >= 0.3 is 0 Å². The van der Waals surface area contributed by atoms with E-state index < -0.39 is 0 Å². The molecular formula is C15H14BrN3. The van der Waals surface area contributed by atoms with Gasteiger partial charge in [-0.3, -0.25) is 0 Å². The van der Waals surface area contributed by atoms with Crippen LogP contribution in [0.15, 0.2) is 46.9 Å². The summed E-state index contributed by atoms with van der Waals surface area (Å²) in [7, 11) is 1.97. The standard InChI is InChI=1S/C15H14BrN3/c1-19(10-11-2-4-13(16)5-3-11)15-7-6-14(18)8-12(15)9-17/h2-8H,10,18H2,1H3. The number of benzene rings is 2. The van der Waals surface area contributed by atoms with Gasteiger partial charge in [0, 0.05) is 23.8 Å². The Morgan fingerprint density at radius 2 is 1.89 bits per heavy atom. The molecule has 2 N–H and O–H groups in total. The highest BCUT2D eigenvalue weighted by atomic mass is 79.9. The van der Waals surface area contributed by atoms with Crippen molar-refractivity contribution in [2.24, 2.45) is 0 Å². The normalized spacial score (nSPS) is 9.95. The highest BCUT2D eigenvalue weighted by molar-refractivity contribution is 9.10. The van der Waals surface area contributed by atoms with Gasteiger partial charge in [0.05, 0.1) is 11.3 Å². The molecule has 0 heterocycles. The van der Waals surface area contributed by atoms with Gasteiger partial charge in [0.2, 0.25) is 0 Å². The molecule has 0 saturated carbocycles. The molecule has 0 aliphatic heterocycles. The molecule has 2 aromatic carbocycles. The Morgan fingerprint density at radius 1 is 1.21 bits per heavy atom. The molecule has 3 nitrogen and oxygen atoms in total. The maximum Gasteiger partial charge on any atom is 0.101 e. The molecule has 0 radical (unpaired) electrons. The average Bonchev–Trinajstić information content (AvgIpc) is 2.41. The molecule has 0 spiro atoms. The van der Waals surface area contributed by atoms with Crippen molar-refractivity contribution in [1.29, 1.82) is 5.26 Å². The van der Waals surface area contributed by atoms with Gasteiger partial charge in [-0.05, 0) is 35.9 Å². The van der Waals surface area contributed by atoms with E-state index in [-0.39, 0.29) is 0 Å². The van der Waals surface area contributed by atoms with Gasteiger partial charge in [0.1, 0.15) is 6.07 Å². The highest BCUT2D eigenvalue weighted by Crippen LogP contribution is 2.23. The minimum Gasteiger partial charge on any atom is -0.399 e. The average molecular weight is 316 g/mol. The van der Waals surface area contributed by atoms with Crippen molar-refractivity contribution in [2.45, 2.75) is 6.54 Å². The fourth-order valence-corrected chi connectivity index (χ4v) is 2.19. The topological polar surface area (TPSA) is 53.0 Å². The largest absolute Gasteiger partial charge is 0.399 e. The van der Waals surface area contributed by atoms with Crippen LogP contribution in [-0.4, -0.2) is 7.05 Å². The summed E-state index contributed by atoms with van der Waals surface area (Å²) in [6.07, 6.45) is 0. The summed E-state index contributed by atoms with van der Waals surface area (Å²) in [5.74, 6) is 0. The zero-order chi connectivity index (χ0) is 13.8. The van der Waals surface area contributed by atoms with Crippen LogP contribution in [0.1, 0.15) is 11.1 Å². The second kappa shape index (κ2) is 5.77. The quantitative estimate of drug-likeness (QED) is 0.881. The molecule has 0 aliphatic rings. The van der Waals surface area contributed by atoms with Crippen molar-refractivity contribution in [3.05, 3.63) is 58.1 Å². The number of nitrogens with zero attached hydrogens (tertiary/aromatic N) is 2. The Bertz CT molecular complexity index is 614. The summed E-state index contributed by atoms with van der Waals surface area (Å²) in [5, 5.41) is 9.16. The first-order valence-electron chi connectivity index (χ1n) is 5.85. The lowest BCUT2D eigenvalue weighted by molar-refractivity contribution is 0.921. The molecule has 2 aromatic rings. The van der Waals surface area contributed by atoms with Crippen LogP contribution < -0.4 is 10.6 Å². The van der Waals surface area contributed by atoms with Crippen LogP contribution in [0.3, 0.4) is 0 Å². The van der Waals surface area contributed by atoms with Crippen molar-refractivity contribution < 1.29 is 0 Å². The van der Waals surface area contributed by atoms with E-state index in [1.165, 1.54) is 5.56 Å². The van der Waals surface area contributed by atoms with Crippen molar-refractivity contribution in [1.82, 2.24) is 0 Å². The van der Waals surface area contributed by atoms with Gasteiger partial charge in [-0.1, -0.05) is 28.1 Å². The predicted molar refractivity (Wildman–Crippen MR) is 81.8 cm³/mol. The van der Waals surface area contributed by atoms with E-state index in [4.69, 9.17) is 11.0 Å². The van der Waals surface area contributed by atoms with E-state index in [9.17, 15) is 0 Å². The Hall–Kier alpha value is -1.99. The number of hydrogen-bond donors (Lipinski definition) is 1. The molecule has 0 unspecified atom stereocenters. The number of nitrogen functional groups attached to an aromatic ring is 1. The van der Waals surface area contributed by atoms with E-state index in [2.05, 4.69) is 34.1 Å².